The van der Waals surface area contributed by atoms with Gasteiger partial charge in [-0.1, -0.05) is 29.8 Å². The van der Waals surface area contributed by atoms with Crippen LogP contribution in [-0.4, -0.2) is 28.0 Å². The molecule has 0 saturated carbocycles. The Hall–Kier alpha value is -2.61. The molecule has 1 N–H and O–H groups in total. The van der Waals surface area contributed by atoms with Gasteiger partial charge >= 0.3 is 0 Å². The number of benzene rings is 1. The average molecular weight is 345 g/mol. The Morgan fingerprint density at radius 2 is 2.04 bits per heavy atom. The molecule has 3 rings (SSSR count). The average Bonchev–Trinajstić information content (AvgIpc) is 3.16. The van der Waals surface area contributed by atoms with Gasteiger partial charge < -0.3 is 0 Å². The smallest absolute Gasteiger partial charge is 0.266 e. The van der Waals surface area contributed by atoms with E-state index >= 15 is 0 Å². The molecule has 0 aliphatic rings. The summed E-state index contributed by atoms with van der Waals surface area (Å²) in [4.78, 5) is 0.123. The van der Waals surface area contributed by atoms with E-state index < -0.39 is 10.0 Å². The summed E-state index contributed by atoms with van der Waals surface area (Å²) >= 11 is 0. The van der Waals surface area contributed by atoms with Crippen LogP contribution in [0, 0.1) is 6.92 Å². The van der Waals surface area contributed by atoms with Crippen molar-refractivity contribution < 1.29 is 8.42 Å². The third-order valence-corrected chi connectivity index (χ3v) is 4.86. The molecule has 0 spiro atoms. The highest BCUT2D eigenvalue weighted by Crippen LogP contribution is 2.14. The number of nitrogens with zero attached hydrogens (tertiary/aromatic N) is 4. The van der Waals surface area contributed by atoms with E-state index in [1.54, 1.807) is 21.6 Å². The molecule has 0 fully saturated rings. The van der Waals surface area contributed by atoms with Crippen LogP contribution in [0.3, 0.4) is 0 Å². The summed E-state index contributed by atoms with van der Waals surface area (Å²) in [5.41, 5.74) is 2.28. The zero-order chi connectivity index (χ0) is 17.2. The molecule has 0 aliphatic heterocycles. The predicted molar refractivity (Wildman–Crippen MR) is 91.2 cm³/mol. The molecule has 0 unspecified atom stereocenters. The van der Waals surface area contributed by atoms with Gasteiger partial charge in [0, 0.05) is 25.0 Å². The lowest BCUT2D eigenvalue weighted by atomic mass is 10.1. The Bertz CT molecular complexity index is 943. The van der Waals surface area contributed by atoms with E-state index in [4.69, 9.17) is 0 Å². The molecule has 3 aromatic rings. The molecule has 0 saturated heterocycles. The number of hydrogen-bond acceptors (Lipinski definition) is 4. The number of aromatic nitrogens is 4. The Balaban J connectivity index is 1.73. The zero-order valence-electron chi connectivity index (χ0n) is 13.5. The lowest BCUT2D eigenvalue weighted by molar-refractivity contribution is 0.600. The second-order valence-corrected chi connectivity index (χ2v) is 7.21. The van der Waals surface area contributed by atoms with Gasteiger partial charge in [0.1, 0.15) is 4.90 Å². The quantitative estimate of drug-likeness (QED) is 0.743. The van der Waals surface area contributed by atoms with E-state index in [0.29, 0.717) is 13.1 Å². The van der Waals surface area contributed by atoms with Crippen LogP contribution in [0.1, 0.15) is 18.1 Å². The van der Waals surface area contributed by atoms with Crippen LogP contribution in [0.4, 0.5) is 5.82 Å². The van der Waals surface area contributed by atoms with Gasteiger partial charge in [0.2, 0.25) is 0 Å². The first kappa shape index (κ1) is 16.3. The fourth-order valence-corrected chi connectivity index (χ4v) is 3.30. The number of aryl methyl sites for hydroxylation is 2. The fourth-order valence-electron chi connectivity index (χ4n) is 2.35. The summed E-state index contributed by atoms with van der Waals surface area (Å²) in [6.07, 6.45) is 4.57. The molecule has 0 radical (unpaired) electrons. The summed E-state index contributed by atoms with van der Waals surface area (Å²) in [5, 5.41) is 8.26. The third kappa shape index (κ3) is 3.65. The Kier molecular flexibility index (Phi) is 4.39. The molecule has 1 aromatic carbocycles. The highest BCUT2D eigenvalue weighted by Gasteiger charge is 2.17. The predicted octanol–water partition coefficient (Wildman–Crippen LogP) is 2.26. The van der Waals surface area contributed by atoms with Crippen LogP contribution in [-0.2, 0) is 23.1 Å². The van der Waals surface area contributed by atoms with Crippen molar-refractivity contribution in [2.24, 2.45) is 0 Å². The van der Waals surface area contributed by atoms with Crippen molar-refractivity contribution in [1.82, 2.24) is 19.6 Å². The van der Waals surface area contributed by atoms with Gasteiger partial charge in [0.25, 0.3) is 10.0 Å². The van der Waals surface area contributed by atoms with E-state index in [-0.39, 0.29) is 10.7 Å². The number of hydrogen-bond donors (Lipinski definition) is 1. The summed E-state index contributed by atoms with van der Waals surface area (Å²) in [5.74, 6) is 0.284. The molecule has 2 heterocycles. The maximum atomic E-state index is 12.3. The van der Waals surface area contributed by atoms with E-state index in [1.165, 1.54) is 18.0 Å². The summed E-state index contributed by atoms with van der Waals surface area (Å²) in [6.45, 7) is 5.12. The zero-order valence-corrected chi connectivity index (χ0v) is 14.4. The number of anilines is 1. The molecule has 0 atom stereocenters. The van der Waals surface area contributed by atoms with E-state index in [0.717, 1.165) is 5.56 Å². The fraction of sp³-hybridized carbons (Fsp3) is 0.250. The Labute approximate surface area is 141 Å². The van der Waals surface area contributed by atoms with Crippen LogP contribution in [0.5, 0.6) is 0 Å². The topological polar surface area (TPSA) is 81.8 Å². The second-order valence-electron chi connectivity index (χ2n) is 5.52. The Morgan fingerprint density at radius 3 is 2.75 bits per heavy atom. The van der Waals surface area contributed by atoms with E-state index in [9.17, 15) is 8.42 Å². The molecular formula is C16H19N5O2S. The van der Waals surface area contributed by atoms with Crippen molar-refractivity contribution in [1.29, 1.82) is 0 Å². The summed E-state index contributed by atoms with van der Waals surface area (Å²) in [6, 6.07) is 9.74. The van der Waals surface area contributed by atoms with Crippen molar-refractivity contribution in [3.05, 3.63) is 60.0 Å². The summed E-state index contributed by atoms with van der Waals surface area (Å²) in [7, 11) is -3.68. The highest BCUT2D eigenvalue weighted by atomic mass is 32.2. The molecule has 0 aliphatic carbocycles. The standard InChI is InChI=1S/C16H19N5O2S/c1-3-20-12-15(10-17-20)24(22,23)19-16-7-8-21(18-16)11-14-6-4-5-13(2)9-14/h4-10,12H,3,11H2,1-2H3,(H,18,19). The monoisotopic (exact) mass is 345 g/mol. The molecule has 24 heavy (non-hydrogen) atoms. The van der Waals surface area contributed by atoms with Gasteiger partial charge in [-0.3, -0.25) is 14.1 Å². The molecule has 126 valence electrons. The minimum absolute atomic E-state index is 0.123. The first-order chi connectivity index (χ1) is 11.5. The molecule has 0 amide bonds. The van der Waals surface area contributed by atoms with Gasteiger partial charge in [0.05, 0.1) is 12.7 Å². The summed E-state index contributed by atoms with van der Waals surface area (Å²) < 4.78 is 30.4. The van der Waals surface area contributed by atoms with Crippen molar-refractivity contribution >= 4 is 15.8 Å². The van der Waals surface area contributed by atoms with Crippen LogP contribution < -0.4 is 4.72 Å². The Morgan fingerprint density at radius 1 is 1.21 bits per heavy atom. The van der Waals surface area contributed by atoms with Crippen molar-refractivity contribution in [2.45, 2.75) is 31.8 Å². The van der Waals surface area contributed by atoms with Crippen LogP contribution in [0.25, 0.3) is 0 Å². The first-order valence-electron chi connectivity index (χ1n) is 7.60. The largest absolute Gasteiger partial charge is 0.272 e. The minimum Gasteiger partial charge on any atom is -0.272 e. The van der Waals surface area contributed by atoms with Gasteiger partial charge in [-0.25, -0.2) is 8.42 Å². The van der Waals surface area contributed by atoms with E-state index in [1.807, 2.05) is 32.0 Å². The molecule has 8 heteroatoms. The number of rotatable bonds is 6. The van der Waals surface area contributed by atoms with Gasteiger partial charge in [-0.2, -0.15) is 10.2 Å². The number of nitrogens with one attached hydrogen (secondary N) is 1. The lowest BCUT2D eigenvalue weighted by Crippen LogP contribution is -2.13. The molecule has 2 aromatic heterocycles. The van der Waals surface area contributed by atoms with Gasteiger partial charge in [-0.15, -0.1) is 0 Å². The normalized spacial score (nSPS) is 11.6. The van der Waals surface area contributed by atoms with Crippen molar-refractivity contribution in [3.8, 4) is 0 Å². The lowest BCUT2D eigenvalue weighted by Gasteiger charge is -2.04. The van der Waals surface area contributed by atoms with Crippen LogP contribution in [0.15, 0.2) is 53.8 Å². The van der Waals surface area contributed by atoms with Crippen molar-refractivity contribution in [2.75, 3.05) is 4.72 Å². The van der Waals surface area contributed by atoms with E-state index in [2.05, 4.69) is 21.0 Å². The third-order valence-electron chi connectivity index (χ3n) is 3.55. The van der Waals surface area contributed by atoms with Crippen molar-refractivity contribution in [3.63, 3.8) is 0 Å². The highest BCUT2D eigenvalue weighted by molar-refractivity contribution is 7.92. The van der Waals surface area contributed by atoms with Gasteiger partial charge in [0.15, 0.2) is 5.82 Å². The second kappa shape index (κ2) is 6.48. The maximum Gasteiger partial charge on any atom is 0.266 e. The molecule has 0 bridgehead atoms. The van der Waals surface area contributed by atoms with Crippen LogP contribution >= 0.6 is 0 Å². The molecular weight excluding hydrogens is 326 g/mol. The molecule has 7 nitrogen and oxygen atoms in total. The maximum absolute atomic E-state index is 12.3. The minimum atomic E-state index is -3.68. The van der Waals surface area contributed by atoms with Gasteiger partial charge in [-0.05, 0) is 19.4 Å². The number of sulfonamides is 1. The first-order valence-corrected chi connectivity index (χ1v) is 9.09. The van der Waals surface area contributed by atoms with Crippen LogP contribution in [0.2, 0.25) is 0 Å². The SMILES string of the molecule is CCn1cc(S(=O)(=O)Nc2ccn(Cc3cccc(C)c3)n2)cn1.